The van der Waals surface area contributed by atoms with Gasteiger partial charge in [0.1, 0.15) is 6.10 Å². The summed E-state index contributed by atoms with van der Waals surface area (Å²) in [5.41, 5.74) is 0. The van der Waals surface area contributed by atoms with Crippen LogP contribution in [0.1, 0.15) is 6.42 Å². The maximum atomic E-state index is 5.02. The molecular weight excluding hydrogens is 76.1 g/mol. The van der Waals surface area contributed by atoms with Gasteiger partial charge in [0.25, 0.3) is 0 Å². The fourth-order valence-corrected chi connectivity index (χ4v) is 0.850. The van der Waals surface area contributed by atoms with Crippen molar-refractivity contribution < 1.29 is 4.74 Å². The third kappa shape index (κ3) is 0.125. The molecule has 0 aromatic rings. The van der Waals surface area contributed by atoms with Gasteiger partial charge in [-0.2, -0.15) is 0 Å². The molecule has 1 saturated heterocycles. The van der Waals surface area contributed by atoms with Crippen molar-refractivity contribution in [2.45, 2.75) is 12.5 Å². The smallest absolute Gasteiger partial charge is 0.109 e. The van der Waals surface area contributed by atoms with E-state index < -0.39 is 0 Å². The third-order valence-corrected chi connectivity index (χ3v) is 1.45. The summed E-state index contributed by atoms with van der Waals surface area (Å²) in [5, 5.41) is 0. The highest BCUT2D eigenvalue weighted by Gasteiger charge is 2.52. The lowest BCUT2D eigenvalue weighted by Gasteiger charge is -2.14. The van der Waals surface area contributed by atoms with Crippen molar-refractivity contribution in [1.82, 2.24) is 0 Å². The number of ether oxygens (including phenoxy) is 1. The highest BCUT2D eigenvalue weighted by Crippen LogP contribution is 2.50. The molecular formula is C5H6O. The second-order valence-electron chi connectivity index (χ2n) is 1.96. The lowest BCUT2D eigenvalue weighted by atomic mass is 10.3. The fraction of sp³-hybridized carbons (Fsp3) is 0.600. The zero-order valence-electron chi connectivity index (χ0n) is 3.48. The monoisotopic (exact) mass is 82.0 g/mol. The zero-order chi connectivity index (χ0) is 4.15. The molecule has 0 aromatic heterocycles. The van der Waals surface area contributed by atoms with E-state index in [2.05, 4.69) is 6.58 Å². The third-order valence-electron chi connectivity index (χ3n) is 1.45. The van der Waals surface area contributed by atoms with Crippen molar-refractivity contribution in [2.75, 3.05) is 0 Å². The van der Waals surface area contributed by atoms with Crippen molar-refractivity contribution in [3.63, 3.8) is 0 Å². The van der Waals surface area contributed by atoms with Crippen LogP contribution in [0.4, 0.5) is 0 Å². The number of hydrogen-bond acceptors (Lipinski definition) is 1. The Bertz CT molecular complexity index is 107. The van der Waals surface area contributed by atoms with E-state index in [1.54, 1.807) is 0 Å². The summed E-state index contributed by atoms with van der Waals surface area (Å²) in [6.07, 6.45) is 1.86. The van der Waals surface area contributed by atoms with Gasteiger partial charge in [0.05, 0.1) is 11.7 Å². The number of fused-ring (bicyclic) bond motifs is 1. The first kappa shape index (κ1) is 2.67. The summed E-state index contributed by atoms with van der Waals surface area (Å²) in [6, 6.07) is 0. The summed E-state index contributed by atoms with van der Waals surface area (Å²) >= 11 is 0. The minimum absolute atomic E-state index is 0.609. The lowest BCUT2D eigenvalue weighted by molar-refractivity contribution is 0.104. The molecule has 2 atom stereocenters. The molecule has 1 heteroatoms. The van der Waals surface area contributed by atoms with Crippen LogP contribution in [0.2, 0.25) is 0 Å². The van der Waals surface area contributed by atoms with Crippen LogP contribution in [0.25, 0.3) is 0 Å². The molecule has 1 saturated carbocycles. The Morgan fingerprint density at radius 2 is 2.67 bits per heavy atom. The van der Waals surface area contributed by atoms with Gasteiger partial charge in [-0.25, -0.2) is 0 Å². The molecule has 0 spiro atoms. The van der Waals surface area contributed by atoms with Crippen LogP contribution in [-0.4, -0.2) is 6.10 Å². The minimum Gasteiger partial charge on any atom is -0.494 e. The van der Waals surface area contributed by atoms with Crippen LogP contribution in [0.5, 0.6) is 0 Å². The van der Waals surface area contributed by atoms with Crippen LogP contribution in [0.15, 0.2) is 12.3 Å². The van der Waals surface area contributed by atoms with Gasteiger partial charge in [0, 0.05) is 0 Å². The van der Waals surface area contributed by atoms with E-state index in [0.717, 1.165) is 11.7 Å². The Kier molecular flexibility index (Phi) is 0.228. The van der Waals surface area contributed by atoms with Crippen molar-refractivity contribution in [3.8, 4) is 0 Å². The van der Waals surface area contributed by atoms with Gasteiger partial charge < -0.3 is 4.74 Å². The first-order chi connectivity index (χ1) is 2.88. The van der Waals surface area contributed by atoms with Gasteiger partial charge in [-0.15, -0.1) is 0 Å². The molecule has 0 amide bonds. The van der Waals surface area contributed by atoms with Crippen molar-refractivity contribution in [1.29, 1.82) is 0 Å². The van der Waals surface area contributed by atoms with Crippen LogP contribution < -0.4 is 0 Å². The maximum Gasteiger partial charge on any atom is 0.109 e. The Hall–Kier alpha value is -0.460. The van der Waals surface area contributed by atoms with Crippen LogP contribution in [0, 0.1) is 5.92 Å². The maximum absolute atomic E-state index is 5.02. The highest BCUT2D eigenvalue weighted by atomic mass is 16.5. The van der Waals surface area contributed by atoms with Crippen molar-refractivity contribution in [3.05, 3.63) is 12.3 Å². The summed E-state index contributed by atoms with van der Waals surface area (Å²) < 4.78 is 5.02. The van der Waals surface area contributed by atoms with Crippen molar-refractivity contribution >= 4 is 0 Å². The zero-order valence-corrected chi connectivity index (χ0v) is 3.48. The molecule has 1 aliphatic carbocycles. The second kappa shape index (κ2) is 0.512. The largest absolute Gasteiger partial charge is 0.494 e. The Labute approximate surface area is 36.6 Å². The molecule has 0 radical (unpaired) electrons. The molecule has 6 heavy (non-hydrogen) atoms. The van der Waals surface area contributed by atoms with E-state index in [1.165, 1.54) is 6.42 Å². The number of rotatable bonds is 0. The molecule has 2 rings (SSSR count). The normalized spacial score (nSPS) is 49.0. The van der Waals surface area contributed by atoms with Crippen LogP contribution in [-0.2, 0) is 4.74 Å². The molecule has 1 heterocycles. The predicted molar refractivity (Wildman–Crippen MR) is 22.1 cm³/mol. The first-order valence-electron chi connectivity index (χ1n) is 2.23. The van der Waals surface area contributed by atoms with Crippen LogP contribution >= 0.6 is 0 Å². The fourth-order valence-electron chi connectivity index (χ4n) is 0.850. The average molecular weight is 82.1 g/mol. The standard InChI is InChI=1S/C5H6O/c1-3-4-2-5(4)6-3/h4-5H,1-2H2. The van der Waals surface area contributed by atoms with Gasteiger partial charge in [0.15, 0.2) is 0 Å². The average Bonchev–Trinajstić information content (AvgIpc) is 2.12. The summed E-state index contributed by atoms with van der Waals surface area (Å²) in [5.74, 6) is 1.80. The Balaban J connectivity index is 2.26. The van der Waals surface area contributed by atoms with Gasteiger partial charge in [0.2, 0.25) is 0 Å². The topological polar surface area (TPSA) is 9.23 Å². The highest BCUT2D eigenvalue weighted by molar-refractivity contribution is 5.17. The van der Waals surface area contributed by atoms with E-state index in [1.807, 2.05) is 0 Å². The van der Waals surface area contributed by atoms with E-state index >= 15 is 0 Å². The van der Waals surface area contributed by atoms with Gasteiger partial charge in [-0.05, 0) is 6.42 Å². The Morgan fingerprint density at radius 3 is 2.67 bits per heavy atom. The van der Waals surface area contributed by atoms with Gasteiger partial charge in [-0.1, -0.05) is 6.58 Å². The van der Waals surface area contributed by atoms with Crippen LogP contribution in [0.3, 0.4) is 0 Å². The molecule has 1 aliphatic heterocycles. The molecule has 1 nitrogen and oxygen atoms in total. The summed E-state index contributed by atoms with van der Waals surface area (Å²) in [7, 11) is 0. The molecule has 0 aromatic carbocycles. The molecule has 0 bridgehead atoms. The number of hydrogen-bond donors (Lipinski definition) is 0. The molecule has 2 unspecified atom stereocenters. The van der Waals surface area contributed by atoms with Gasteiger partial charge in [-0.3, -0.25) is 0 Å². The van der Waals surface area contributed by atoms with E-state index in [0.29, 0.717) is 6.10 Å². The van der Waals surface area contributed by atoms with E-state index in [-0.39, 0.29) is 0 Å². The lowest BCUT2D eigenvalue weighted by Crippen LogP contribution is -2.09. The second-order valence-corrected chi connectivity index (χ2v) is 1.96. The molecule has 32 valence electrons. The van der Waals surface area contributed by atoms with Crippen molar-refractivity contribution in [2.24, 2.45) is 5.92 Å². The van der Waals surface area contributed by atoms with E-state index in [4.69, 9.17) is 4.74 Å². The molecule has 2 aliphatic rings. The molecule has 2 fully saturated rings. The van der Waals surface area contributed by atoms with Gasteiger partial charge >= 0.3 is 0 Å². The molecule has 0 N–H and O–H groups in total. The van der Waals surface area contributed by atoms with E-state index in [9.17, 15) is 0 Å². The predicted octanol–water partition coefficient (Wildman–Crippen LogP) is 0.919. The summed E-state index contributed by atoms with van der Waals surface area (Å²) in [6.45, 7) is 3.66. The summed E-state index contributed by atoms with van der Waals surface area (Å²) in [4.78, 5) is 0. The minimum atomic E-state index is 0.609. The quantitative estimate of drug-likeness (QED) is 0.422. The first-order valence-corrected chi connectivity index (χ1v) is 2.23. The Morgan fingerprint density at radius 1 is 1.83 bits per heavy atom. The SMILES string of the molecule is C=C1OC2CC12.